The van der Waals surface area contributed by atoms with Gasteiger partial charge in [-0.2, -0.15) is 0 Å². The van der Waals surface area contributed by atoms with Crippen LogP contribution in [0.25, 0.3) is 0 Å². The number of hydrogen-bond donors (Lipinski definition) is 0. The van der Waals surface area contributed by atoms with Gasteiger partial charge in [0.1, 0.15) is 0 Å². The molecule has 0 aromatic rings. The van der Waals surface area contributed by atoms with Gasteiger partial charge in [-0.25, -0.2) is 12.5 Å². The fraction of sp³-hybridized carbons (Fsp3) is 1.00. The average Bonchev–Trinajstić information content (AvgIpc) is 2.45. The Morgan fingerprint density at radius 1 is 0.850 bits per heavy atom. The van der Waals surface area contributed by atoms with E-state index in [4.69, 9.17) is 12.5 Å². The van der Waals surface area contributed by atoms with Crippen LogP contribution in [0.4, 0.5) is 0 Å². The predicted octanol–water partition coefficient (Wildman–Crippen LogP) is 6.94. The maximum Gasteiger partial charge on any atom is 0.498 e. The highest BCUT2D eigenvalue weighted by Crippen LogP contribution is 2.65. The van der Waals surface area contributed by atoms with E-state index in [0.29, 0.717) is 6.61 Å². The number of rotatable bonds is 12. The Morgan fingerprint density at radius 3 is 1.90 bits per heavy atom. The van der Waals surface area contributed by atoms with Gasteiger partial charge in [-0.15, -0.1) is 0 Å². The molecule has 1 heterocycles. The molecule has 1 aliphatic rings. The topological polar surface area (TPSA) is 44.8 Å². The highest BCUT2D eigenvalue weighted by molar-refractivity contribution is 9.08. The molecule has 1 fully saturated rings. The smallest absolute Gasteiger partial charge is 0.286 e. The van der Waals surface area contributed by atoms with E-state index < -0.39 is 7.82 Å². The van der Waals surface area contributed by atoms with E-state index in [9.17, 15) is 4.57 Å². The molecule has 0 aromatic heterocycles. The van der Waals surface area contributed by atoms with Crippen LogP contribution in [-0.4, -0.2) is 6.61 Å². The van der Waals surface area contributed by atoms with E-state index in [1.807, 2.05) is 0 Å². The molecule has 8 heteroatoms. The van der Waals surface area contributed by atoms with E-state index in [0.717, 1.165) is 35.0 Å². The summed E-state index contributed by atoms with van der Waals surface area (Å²) in [7, 11) is -1.99. The second kappa shape index (κ2) is 12.7. The zero-order valence-corrected chi connectivity index (χ0v) is 15.4. The maximum absolute atomic E-state index is 11.8. The Hall–Kier alpha value is 1.16. The van der Waals surface area contributed by atoms with Gasteiger partial charge in [0.15, 0.2) is 0 Å². The highest BCUT2D eigenvalue weighted by atomic mass is 33.5. The van der Waals surface area contributed by atoms with Crippen LogP contribution in [0.3, 0.4) is 0 Å². The summed E-state index contributed by atoms with van der Waals surface area (Å²) < 4.78 is 26.8. The zero-order valence-electron chi connectivity index (χ0n) is 12.1. The zero-order chi connectivity index (χ0) is 14.5. The molecule has 0 atom stereocenters. The summed E-state index contributed by atoms with van der Waals surface area (Å²) in [6, 6.07) is 0. The third-order valence-electron chi connectivity index (χ3n) is 3.05. The molecule has 1 rings (SSSR count). The Bertz CT molecular complexity index is 271. The summed E-state index contributed by atoms with van der Waals surface area (Å²) in [5.74, 6) is 0. The SMILES string of the molecule is CCCCCCCCCCCCOP1(=O)OSSSO1. The molecule has 0 N–H and O–H groups in total. The van der Waals surface area contributed by atoms with Crippen molar-refractivity contribution < 1.29 is 17.0 Å². The van der Waals surface area contributed by atoms with Crippen molar-refractivity contribution in [2.45, 2.75) is 71.1 Å². The van der Waals surface area contributed by atoms with E-state index >= 15 is 0 Å². The lowest BCUT2D eigenvalue weighted by atomic mass is 10.1. The molecule has 0 spiro atoms. The van der Waals surface area contributed by atoms with Crippen molar-refractivity contribution in [2.24, 2.45) is 0 Å². The molecule has 0 amide bonds. The molecular formula is C12H25O4PS3. The van der Waals surface area contributed by atoms with Gasteiger partial charge < -0.3 is 0 Å². The summed E-state index contributed by atoms with van der Waals surface area (Å²) in [6.07, 6.45) is 12.7. The quantitative estimate of drug-likeness (QED) is 0.162. The van der Waals surface area contributed by atoms with Gasteiger partial charge in [0, 0.05) is 9.83 Å². The Labute approximate surface area is 134 Å². The lowest BCUT2D eigenvalue weighted by Gasteiger charge is -2.18. The van der Waals surface area contributed by atoms with Crippen molar-refractivity contribution in [3.63, 3.8) is 0 Å². The van der Waals surface area contributed by atoms with Gasteiger partial charge in [-0.1, -0.05) is 64.7 Å². The molecule has 120 valence electrons. The van der Waals surface area contributed by atoms with Gasteiger partial charge >= 0.3 is 7.82 Å². The molecule has 4 nitrogen and oxygen atoms in total. The standard InChI is InChI=1S/C12H25O4PS3/c1-2-3-4-5-6-7-8-9-10-11-12-14-17(13)15-18-20-19-16-17/h2-12H2,1H3. The number of phosphoric acid groups is 1. The van der Waals surface area contributed by atoms with Gasteiger partial charge in [0.05, 0.1) is 28.8 Å². The Balaban J connectivity index is 1.81. The van der Waals surface area contributed by atoms with Crippen LogP contribution in [0.1, 0.15) is 71.1 Å². The van der Waals surface area contributed by atoms with Crippen molar-refractivity contribution in [3.05, 3.63) is 0 Å². The summed E-state index contributed by atoms with van der Waals surface area (Å²) in [5, 5.41) is 0. The van der Waals surface area contributed by atoms with Crippen LogP contribution in [0, 0.1) is 0 Å². The summed E-state index contributed by atoms with van der Waals surface area (Å²) in [4.78, 5) is 0. The van der Waals surface area contributed by atoms with Crippen molar-refractivity contribution in [1.29, 1.82) is 0 Å². The van der Waals surface area contributed by atoms with Crippen LogP contribution in [-0.2, 0) is 17.0 Å². The van der Waals surface area contributed by atoms with Crippen molar-refractivity contribution in [1.82, 2.24) is 0 Å². The van der Waals surface area contributed by atoms with Crippen molar-refractivity contribution in [3.8, 4) is 0 Å². The van der Waals surface area contributed by atoms with Crippen LogP contribution >= 0.6 is 39.8 Å². The molecule has 1 aliphatic heterocycles. The van der Waals surface area contributed by atoms with Crippen molar-refractivity contribution >= 4 is 39.8 Å². The first kappa shape index (κ1) is 19.2. The Kier molecular flexibility index (Phi) is 12.2. The molecule has 0 bridgehead atoms. The first-order valence-corrected chi connectivity index (χ1v) is 12.2. The van der Waals surface area contributed by atoms with Crippen LogP contribution < -0.4 is 0 Å². The fourth-order valence-corrected chi connectivity index (χ4v) is 7.17. The molecular weight excluding hydrogens is 335 g/mol. The Morgan fingerprint density at radius 2 is 1.35 bits per heavy atom. The van der Waals surface area contributed by atoms with Crippen LogP contribution in [0.5, 0.6) is 0 Å². The highest BCUT2D eigenvalue weighted by Gasteiger charge is 2.32. The maximum atomic E-state index is 11.8. The third kappa shape index (κ3) is 9.98. The molecule has 0 aromatic carbocycles. The number of unbranched alkanes of at least 4 members (excludes halogenated alkanes) is 9. The normalized spacial score (nSPS) is 18.2. The summed E-state index contributed by atoms with van der Waals surface area (Å²) in [5.41, 5.74) is 0. The minimum Gasteiger partial charge on any atom is -0.286 e. The van der Waals surface area contributed by atoms with Crippen molar-refractivity contribution in [2.75, 3.05) is 6.61 Å². The van der Waals surface area contributed by atoms with Gasteiger partial charge in [-0.3, -0.25) is 4.52 Å². The van der Waals surface area contributed by atoms with Gasteiger partial charge in [-0.05, 0) is 6.42 Å². The predicted molar refractivity (Wildman–Crippen MR) is 90.3 cm³/mol. The second-order valence-electron chi connectivity index (χ2n) is 4.82. The van der Waals surface area contributed by atoms with Gasteiger partial charge in [0.2, 0.25) is 0 Å². The first-order chi connectivity index (χ1) is 9.77. The average molecular weight is 361 g/mol. The molecule has 1 saturated heterocycles. The van der Waals surface area contributed by atoms with E-state index in [-0.39, 0.29) is 0 Å². The molecule has 0 aliphatic carbocycles. The minimum atomic E-state index is -3.29. The van der Waals surface area contributed by atoms with E-state index in [1.54, 1.807) is 0 Å². The third-order valence-corrected chi connectivity index (χ3v) is 8.03. The summed E-state index contributed by atoms with van der Waals surface area (Å²) in [6.45, 7) is 2.69. The largest absolute Gasteiger partial charge is 0.498 e. The minimum absolute atomic E-state index is 0.444. The molecule has 20 heavy (non-hydrogen) atoms. The monoisotopic (exact) mass is 360 g/mol. The lowest BCUT2D eigenvalue weighted by Crippen LogP contribution is -1.96. The number of hydrogen-bond acceptors (Lipinski definition) is 7. The lowest BCUT2D eigenvalue weighted by molar-refractivity contribution is 0.222. The van der Waals surface area contributed by atoms with Crippen LogP contribution in [0.15, 0.2) is 0 Å². The molecule has 0 radical (unpaired) electrons. The molecule has 0 unspecified atom stereocenters. The first-order valence-electron chi connectivity index (χ1n) is 7.39. The van der Waals surface area contributed by atoms with E-state index in [1.165, 1.54) is 61.2 Å². The fourth-order valence-electron chi connectivity index (χ4n) is 1.93. The second-order valence-corrected chi connectivity index (χ2v) is 10.0. The van der Waals surface area contributed by atoms with Gasteiger partial charge in [0.25, 0.3) is 0 Å². The van der Waals surface area contributed by atoms with E-state index in [2.05, 4.69) is 6.92 Å². The molecule has 0 saturated carbocycles. The summed E-state index contributed by atoms with van der Waals surface area (Å²) >= 11 is 2.10. The van der Waals surface area contributed by atoms with Crippen LogP contribution in [0.2, 0.25) is 0 Å².